The molecule has 2 heterocycles. The van der Waals surface area contributed by atoms with E-state index in [0.29, 0.717) is 30.7 Å². The van der Waals surface area contributed by atoms with Crippen molar-refractivity contribution in [3.63, 3.8) is 0 Å². The van der Waals surface area contributed by atoms with Crippen molar-refractivity contribution in [2.24, 2.45) is 0 Å². The molecule has 4 rings (SSSR count). The van der Waals surface area contributed by atoms with Crippen LogP contribution in [0, 0.1) is 0 Å². The van der Waals surface area contributed by atoms with Gasteiger partial charge in [0.05, 0.1) is 24.3 Å². The first kappa shape index (κ1) is 27.7. The average molecular weight is 564 g/mol. The Morgan fingerprint density at radius 1 is 1.15 bits per heavy atom. The maximum Gasteiger partial charge on any atom is 0.423 e. The molecule has 0 saturated carbocycles. The van der Waals surface area contributed by atoms with E-state index in [9.17, 15) is 26.4 Å². The number of amides is 1. The second-order valence-electron chi connectivity index (χ2n) is 8.38. The molecule has 10 nitrogen and oxygen atoms in total. The molecule has 1 aromatic heterocycles. The highest BCUT2D eigenvalue weighted by molar-refractivity contribution is 7.91. The number of carbonyl (C=O) groups excluding carboxylic acids is 1. The largest absolute Gasteiger partial charge is 0.494 e. The van der Waals surface area contributed by atoms with E-state index >= 15 is 0 Å². The van der Waals surface area contributed by atoms with Crippen molar-refractivity contribution in [1.82, 2.24) is 9.97 Å². The summed E-state index contributed by atoms with van der Waals surface area (Å²) in [5.74, 6) is -1.01. The molecule has 2 aromatic carbocycles. The molecule has 39 heavy (non-hydrogen) atoms. The van der Waals surface area contributed by atoms with Crippen molar-refractivity contribution >= 4 is 38.8 Å². The van der Waals surface area contributed by atoms with Gasteiger partial charge in [-0.05, 0) is 30.3 Å². The van der Waals surface area contributed by atoms with Gasteiger partial charge in [0.15, 0.2) is 9.84 Å². The zero-order chi connectivity index (χ0) is 28.2. The number of ether oxygens (including phenoxy) is 2. The zero-order valence-corrected chi connectivity index (χ0v) is 21.5. The molecule has 0 bridgehead atoms. The second kappa shape index (κ2) is 11.2. The Labute approximate surface area is 222 Å². The maximum absolute atomic E-state index is 13.7. The predicted molar refractivity (Wildman–Crippen MR) is 140 cm³/mol. The van der Waals surface area contributed by atoms with E-state index in [1.54, 1.807) is 18.2 Å². The lowest BCUT2D eigenvalue weighted by Gasteiger charge is -2.29. The molecule has 2 N–H and O–H groups in total. The van der Waals surface area contributed by atoms with Crippen LogP contribution in [0.25, 0.3) is 0 Å². The first-order valence-corrected chi connectivity index (χ1v) is 13.4. The summed E-state index contributed by atoms with van der Waals surface area (Å²) < 4.78 is 75.4. The normalized spacial score (nSPS) is 14.8. The van der Waals surface area contributed by atoms with Gasteiger partial charge in [0.25, 0.3) is 0 Å². The van der Waals surface area contributed by atoms with Crippen molar-refractivity contribution in [1.29, 1.82) is 0 Å². The quantitative estimate of drug-likeness (QED) is 0.384. The van der Waals surface area contributed by atoms with Crippen LogP contribution >= 0.6 is 0 Å². The molecule has 1 fully saturated rings. The summed E-state index contributed by atoms with van der Waals surface area (Å²) in [5, 5.41) is 5.34. The minimum absolute atomic E-state index is 0.00232. The third kappa shape index (κ3) is 6.96. The lowest BCUT2D eigenvalue weighted by molar-refractivity contribution is -0.139. The van der Waals surface area contributed by atoms with Gasteiger partial charge in [0, 0.05) is 42.8 Å². The van der Waals surface area contributed by atoms with E-state index in [-0.39, 0.29) is 28.9 Å². The van der Waals surface area contributed by atoms with Gasteiger partial charge in [-0.2, -0.15) is 18.2 Å². The molecular formula is C25H24F3N5O5S. The minimum Gasteiger partial charge on any atom is -0.494 e. The number of benzene rings is 2. The Morgan fingerprint density at radius 2 is 1.90 bits per heavy atom. The number of methoxy groups -OCH3 is 1. The number of nitrogens with zero attached hydrogens (tertiary/aromatic N) is 3. The molecule has 0 spiro atoms. The highest BCUT2D eigenvalue weighted by atomic mass is 32.2. The molecular weight excluding hydrogens is 539 g/mol. The lowest BCUT2D eigenvalue weighted by Crippen LogP contribution is -2.40. The molecule has 0 atom stereocenters. The molecule has 3 aromatic rings. The number of hydrogen-bond acceptors (Lipinski definition) is 9. The number of sulfone groups is 1. The minimum atomic E-state index is -4.80. The van der Waals surface area contributed by atoms with Gasteiger partial charge in [-0.25, -0.2) is 13.4 Å². The maximum atomic E-state index is 13.7. The number of anilines is 4. The molecule has 1 aliphatic rings. The lowest BCUT2D eigenvalue weighted by atomic mass is 10.2. The predicted octanol–water partition coefficient (Wildman–Crippen LogP) is 4.40. The topological polar surface area (TPSA) is 123 Å². The fourth-order valence-corrected chi connectivity index (χ4v) is 4.91. The van der Waals surface area contributed by atoms with E-state index in [0.717, 1.165) is 11.8 Å². The van der Waals surface area contributed by atoms with Gasteiger partial charge in [-0.15, -0.1) is 0 Å². The molecule has 0 unspecified atom stereocenters. The van der Waals surface area contributed by atoms with Crippen LogP contribution in [0.2, 0.25) is 0 Å². The van der Waals surface area contributed by atoms with Crippen LogP contribution in [0.5, 0.6) is 17.4 Å². The Morgan fingerprint density at radius 3 is 2.56 bits per heavy atom. The fraction of sp³-hybridized carbons (Fsp3) is 0.240. The van der Waals surface area contributed by atoms with Crippen LogP contribution < -0.4 is 25.0 Å². The number of carbonyl (C=O) groups is 1. The Bertz CT molecular complexity index is 1480. The van der Waals surface area contributed by atoms with Crippen LogP contribution in [0.15, 0.2) is 61.3 Å². The van der Waals surface area contributed by atoms with E-state index in [2.05, 4.69) is 27.2 Å². The van der Waals surface area contributed by atoms with E-state index < -0.39 is 33.4 Å². The van der Waals surface area contributed by atoms with Crippen molar-refractivity contribution in [2.45, 2.75) is 6.18 Å². The molecule has 1 aliphatic heterocycles. The van der Waals surface area contributed by atoms with Crippen LogP contribution in [-0.4, -0.2) is 56.0 Å². The number of aromatic nitrogens is 2. The van der Waals surface area contributed by atoms with Gasteiger partial charge in [-0.3, -0.25) is 4.79 Å². The van der Waals surface area contributed by atoms with E-state index in [4.69, 9.17) is 9.47 Å². The fourth-order valence-electron chi connectivity index (χ4n) is 3.71. The second-order valence-corrected chi connectivity index (χ2v) is 10.7. The van der Waals surface area contributed by atoms with Crippen molar-refractivity contribution in [2.75, 3.05) is 47.2 Å². The zero-order valence-electron chi connectivity index (χ0n) is 20.7. The summed E-state index contributed by atoms with van der Waals surface area (Å²) in [6.45, 7) is 4.02. The molecule has 1 saturated heterocycles. The van der Waals surface area contributed by atoms with Crippen LogP contribution in [-0.2, 0) is 20.8 Å². The molecule has 0 radical (unpaired) electrons. The van der Waals surface area contributed by atoms with Crippen LogP contribution in [0.3, 0.4) is 0 Å². The summed E-state index contributed by atoms with van der Waals surface area (Å²) in [5.41, 5.74) is 0.184. The summed E-state index contributed by atoms with van der Waals surface area (Å²) >= 11 is 0. The number of nitrogens with one attached hydrogen (secondary N) is 2. The van der Waals surface area contributed by atoms with Gasteiger partial charge in [-0.1, -0.05) is 12.6 Å². The van der Waals surface area contributed by atoms with E-state index in [1.807, 2.05) is 4.90 Å². The van der Waals surface area contributed by atoms with Gasteiger partial charge in [0.1, 0.15) is 17.1 Å². The van der Waals surface area contributed by atoms with Crippen LogP contribution in [0.4, 0.5) is 36.2 Å². The molecule has 14 heteroatoms. The summed E-state index contributed by atoms with van der Waals surface area (Å²) in [7, 11) is -1.63. The molecule has 0 aliphatic carbocycles. The first-order valence-electron chi connectivity index (χ1n) is 11.5. The summed E-state index contributed by atoms with van der Waals surface area (Å²) in [4.78, 5) is 21.2. The molecule has 1 amide bonds. The van der Waals surface area contributed by atoms with Crippen molar-refractivity contribution in [3.05, 3.63) is 66.9 Å². The SMILES string of the molecule is C=CC(=O)Nc1cccc(Oc2nc(Nc3ccc(N4CCS(=O)(=O)CC4)cc3OC)ncc2C(F)(F)F)c1. The number of halogens is 3. The van der Waals surface area contributed by atoms with E-state index in [1.165, 1.54) is 31.4 Å². The van der Waals surface area contributed by atoms with Gasteiger partial charge >= 0.3 is 6.18 Å². The average Bonchev–Trinajstić information content (AvgIpc) is 2.88. The van der Waals surface area contributed by atoms with Gasteiger partial charge in [0.2, 0.25) is 17.7 Å². The number of alkyl halides is 3. The van der Waals surface area contributed by atoms with Crippen LogP contribution in [0.1, 0.15) is 5.56 Å². The number of hydrogen-bond donors (Lipinski definition) is 2. The standard InChI is InChI=1S/C25H24F3N5O5S/c1-3-22(34)30-16-5-4-6-18(13-16)38-23-19(25(26,27)28)15-29-24(32-23)31-20-8-7-17(14-21(20)37-2)33-9-11-39(35,36)12-10-33/h3-8,13-15H,1,9-12H2,2H3,(H,30,34)(H,29,31,32). The van der Waals surface area contributed by atoms with Gasteiger partial charge < -0.3 is 25.0 Å². The summed E-state index contributed by atoms with van der Waals surface area (Å²) in [6, 6.07) is 10.8. The van der Waals surface area contributed by atoms with Crippen molar-refractivity contribution < 1.29 is 35.9 Å². The highest BCUT2D eigenvalue weighted by Crippen LogP contribution is 2.38. The van der Waals surface area contributed by atoms with Crippen molar-refractivity contribution in [3.8, 4) is 17.4 Å². The highest BCUT2D eigenvalue weighted by Gasteiger charge is 2.36. The Kier molecular flexibility index (Phi) is 7.95. The number of rotatable bonds is 8. The monoisotopic (exact) mass is 563 g/mol. The third-order valence-corrected chi connectivity index (χ3v) is 7.31. The molecule has 206 valence electrons. The smallest absolute Gasteiger partial charge is 0.423 e. The Hall–Kier alpha value is -4.33. The Balaban J connectivity index is 1.59. The first-order chi connectivity index (χ1) is 18.5. The third-order valence-electron chi connectivity index (χ3n) is 5.70. The summed E-state index contributed by atoms with van der Waals surface area (Å²) in [6.07, 6.45) is -3.15.